The first-order valence-electron chi connectivity index (χ1n) is 5.05. The Morgan fingerprint density at radius 3 is 2.59 bits per heavy atom. The van der Waals surface area contributed by atoms with Gasteiger partial charge in [-0.05, 0) is 20.0 Å². The highest BCUT2D eigenvalue weighted by molar-refractivity contribution is 7.12. The van der Waals surface area contributed by atoms with E-state index < -0.39 is 0 Å². The van der Waals surface area contributed by atoms with Gasteiger partial charge < -0.3 is 10.2 Å². The number of Topliss-reactive ketones (excluding diaryl/α,β-unsaturated/α-hetero) is 1. The van der Waals surface area contributed by atoms with Gasteiger partial charge in [0.1, 0.15) is 0 Å². The second-order valence-electron chi connectivity index (χ2n) is 3.59. The molecule has 0 spiro atoms. The lowest BCUT2D eigenvalue weighted by Crippen LogP contribution is -2.32. The Balaban J connectivity index is 0.00000256. The van der Waals surface area contributed by atoms with E-state index in [1.54, 1.807) is 23.4 Å². The van der Waals surface area contributed by atoms with Crippen molar-refractivity contribution in [2.75, 3.05) is 27.2 Å². The molecule has 1 aromatic rings. The molecule has 1 rings (SSSR count). The summed E-state index contributed by atoms with van der Waals surface area (Å²) in [5.41, 5.74) is 0.607. The quantitative estimate of drug-likeness (QED) is 0.832. The smallest absolute Gasteiger partial charge is 0.263 e. The molecule has 0 bridgehead atoms. The van der Waals surface area contributed by atoms with Gasteiger partial charge in [0.15, 0.2) is 5.78 Å². The van der Waals surface area contributed by atoms with E-state index in [2.05, 4.69) is 5.32 Å². The second kappa shape index (κ2) is 7.42. The second-order valence-corrected chi connectivity index (χ2v) is 4.50. The van der Waals surface area contributed by atoms with Crippen LogP contribution in [0.5, 0.6) is 0 Å². The van der Waals surface area contributed by atoms with Gasteiger partial charge in [-0.15, -0.1) is 23.7 Å². The van der Waals surface area contributed by atoms with Crippen molar-refractivity contribution in [3.8, 4) is 0 Å². The predicted octanol–water partition coefficient (Wildman–Crippen LogP) is 1.66. The number of halogens is 1. The van der Waals surface area contributed by atoms with Crippen LogP contribution < -0.4 is 5.32 Å². The van der Waals surface area contributed by atoms with Crippen LogP contribution in [-0.4, -0.2) is 43.8 Å². The van der Waals surface area contributed by atoms with Crippen LogP contribution in [0.25, 0.3) is 0 Å². The number of carbonyl (C=O) groups is 2. The summed E-state index contributed by atoms with van der Waals surface area (Å²) in [7, 11) is 3.60. The minimum absolute atomic E-state index is 0. The van der Waals surface area contributed by atoms with E-state index in [-0.39, 0.29) is 24.1 Å². The highest BCUT2D eigenvalue weighted by atomic mass is 35.5. The number of amides is 1. The molecule has 0 aliphatic heterocycles. The molecule has 1 amide bonds. The lowest BCUT2D eigenvalue weighted by Gasteiger charge is -2.15. The third-order valence-electron chi connectivity index (χ3n) is 2.26. The van der Waals surface area contributed by atoms with Crippen LogP contribution in [0.1, 0.15) is 27.0 Å². The van der Waals surface area contributed by atoms with E-state index >= 15 is 0 Å². The van der Waals surface area contributed by atoms with Gasteiger partial charge in [-0.1, -0.05) is 0 Å². The fourth-order valence-electron chi connectivity index (χ4n) is 1.20. The number of hydrogen-bond acceptors (Lipinski definition) is 4. The summed E-state index contributed by atoms with van der Waals surface area (Å²) in [5.74, 6) is -0.0408. The standard InChI is InChI=1S/C11H16N2O2S.ClH/c1-8(14)9-6-10(16-7-9)11(15)13(3)5-4-12-2;/h6-7,12H,4-5H2,1-3H3;1H. The van der Waals surface area contributed by atoms with Gasteiger partial charge in [-0.25, -0.2) is 0 Å². The first kappa shape index (κ1) is 16.1. The zero-order chi connectivity index (χ0) is 12.1. The molecule has 0 radical (unpaired) electrons. The number of likely N-dealkylation sites (N-methyl/N-ethyl adjacent to an activating group) is 2. The Hall–Kier alpha value is -0.910. The summed E-state index contributed by atoms with van der Waals surface area (Å²) in [6.45, 7) is 2.91. The lowest BCUT2D eigenvalue weighted by atomic mass is 10.2. The Bertz CT molecular complexity index is 393. The normalized spacial score (nSPS) is 9.59. The van der Waals surface area contributed by atoms with Gasteiger partial charge >= 0.3 is 0 Å². The van der Waals surface area contributed by atoms with Gasteiger partial charge in [-0.2, -0.15) is 0 Å². The molecule has 1 heterocycles. The number of rotatable bonds is 5. The summed E-state index contributed by atoms with van der Waals surface area (Å²) >= 11 is 1.32. The molecule has 1 aromatic heterocycles. The molecule has 0 aromatic carbocycles. The van der Waals surface area contributed by atoms with Crippen molar-refractivity contribution < 1.29 is 9.59 Å². The Labute approximate surface area is 111 Å². The van der Waals surface area contributed by atoms with Gasteiger partial charge in [0.2, 0.25) is 0 Å². The largest absolute Gasteiger partial charge is 0.340 e. The van der Waals surface area contributed by atoms with E-state index in [0.29, 0.717) is 17.0 Å². The van der Waals surface area contributed by atoms with Crippen molar-refractivity contribution in [2.45, 2.75) is 6.92 Å². The SMILES string of the molecule is CNCCN(C)C(=O)c1cc(C(C)=O)cs1.Cl. The monoisotopic (exact) mass is 276 g/mol. The first-order valence-corrected chi connectivity index (χ1v) is 5.93. The van der Waals surface area contributed by atoms with Crippen molar-refractivity contribution in [1.29, 1.82) is 0 Å². The number of ketones is 1. The predicted molar refractivity (Wildman–Crippen MR) is 72.5 cm³/mol. The van der Waals surface area contributed by atoms with Crippen LogP contribution in [0.2, 0.25) is 0 Å². The van der Waals surface area contributed by atoms with Crippen molar-refractivity contribution in [2.24, 2.45) is 0 Å². The van der Waals surface area contributed by atoms with Gasteiger partial charge in [0.05, 0.1) is 4.88 Å². The zero-order valence-electron chi connectivity index (χ0n) is 10.1. The molecule has 17 heavy (non-hydrogen) atoms. The molecule has 96 valence electrons. The van der Waals surface area contributed by atoms with Crippen molar-refractivity contribution in [3.63, 3.8) is 0 Å². The van der Waals surface area contributed by atoms with Crippen molar-refractivity contribution in [1.82, 2.24) is 10.2 Å². The average Bonchev–Trinajstić information content (AvgIpc) is 2.74. The summed E-state index contributed by atoms with van der Waals surface area (Å²) in [6.07, 6.45) is 0. The van der Waals surface area contributed by atoms with Crippen LogP contribution in [0.4, 0.5) is 0 Å². The molecule has 1 N–H and O–H groups in total. The van der Waals surface area contributed by atoms with Gasteiger partial charge in [-0.3, -0.25) is 9.59 Å². The van der Waals surface area contributed by atoms with Gasteiger partial charge in [0.25, 0.3) is 5.91 Å². The van der Waals surface area contributed by atoms with Crippen LogP contribution in [0, 0.1) is 0 Å². The third kappa shape index (κ3) is 4.46. The maximum Gasteiger partial charge on any atom is 0.263 e. The van der Waals surface area contributed by atoms with Gasteiger partial charge in [0, 0.05) is 31.1 Å². The Morgan fingerprint density at radius 2 is 2.12 bits per heavy atom. The van der Waals surface area contributed by atoms with E-state index in [9.17, 15) is 9.59 Å². The number of carbonyl (C=O) groups excluding carboxylic acids is 2. The number of nitrogens with one attached hydrogen (secondary N) is 1. The highest BCUT2D eigenvalue weighted by Gasteiger charge is 2.14. The van der Waals surface area contributed by atoms with E-state index in [1.807, 2.05) is 7.05 Å². The molecule has 0 aliphatic rings. The Kier molecular flexibility index (Phi) is 7.03. The minimum Gasteiger partial charge on any atom is -0.340 e. The van der Waals surface area contributed by atoms with Crippen LogP contribution >= 0.6 is 23.7 Å². The molecule has 4 nitrogen and oxygen atoms in total. The summed E-state index contributed by atoms with van der Waals surface area (Å²) in [6, 6.07) is 1.66. The maximum atomic E-state index is 11.9. The third-order valence-corrected chi connectivity index (χ3v) is 3.18. The molecule has 0 aliphatic carbocycles. The summed E-state index contributed by atoms with van der Waals surface area (Å²) in [4.78, 5) is 25.2. The van der Waals surface area contributed by atoms with Crippen molar-refractivity contribution >= 4 is 35.4 Å². The topological polar surface area (TPSA) is 49.4 Å². The van der Waals surface area contributed by atoms with Crippen LogP contribution in [0.3, 0.4) is 0 Å². The lowest BCUT2D eigenvalue weighted by molar-refractivity contribution is 0.0801. The summed E-state index contributed by atoms with van der Waals surface area (Å²) < 4.78 is 0. The molecule has 0 unspecified atom stereocenters. The summed E-state index contributed by atoms with van der Waals surface area (Å²) in [5, 5.41) is 4.71. The Morgan fingerprint density at radius 1 is 1.47 bits per heavy atom. The van der Waals surface area contributed by atoms with Crippen molar-refractivity contribution in [3.05, 3.63) is 21.9 Å². The number of nitrogens with zero attached hydrogens (tertiary/aromatic N) is 1. The first-order chi connectivity index (χ1) is 7.56. The molecular weight excluding hydrogens is 260 g/mol. The van der Waals surface area contributed by atoms with Crippen LogP contribution in [0.15, 0.2) is 11.4 Å². The van der Waals surface area contributed by atoms with E-state index in [1.165, 1.54) is 18.3 Å². The molecule has 6 heteroatoms. The minimum atomic E-state index is -0.0345. The number of thiophene rings is 1. The van der Waals surface area contributed by atoms with E-state index in [0.717, 1.165) is 6.54 Å². The molecule has 0 fully saturated rings. The fraction of sp³-hybridized carbons (Fsp3) is 0.455. The average molecular weight is 277 g/mol. The molecular formula is C11H17ClN2O2S. The highest BCUT2D eigenvalue weighted by Crippen LogP contribution is 2.16. The number of hydrogen-bond donors (Lipinski definition) is 1. The molecule has 0 saturated carbocycles. The zero-order valence-corrected chi connectivity index (χ0v) is 11.8. The van der Waals surface area contributed by atoms with Crippen LogP contribution in [-0.2, 0) is 0 Å². The molecule has 0 atom stereocenters. The maximum absolute atomic E-state index is 11.9. The fourth-order valence-corrected chi connectivity index (χ4v) is 2.14. The molecule has 0 saturated heterocycles. The van der Waals surface area contributed by atoms with E-state index in [4.69, 9.17) is 0 Å².